The van der Waals surface area contributed by atoms with E-state index in [4.69, 9.17) is 4.42 Å². The molecule has 2 N–H and O–H groups in total. The van der Waals surface area contributed by atoms with Gasteiger partial charge >= 0.3 is 0 Å². The summed E-state index contributed by atoms with van der Waals surface area (Å²) < 4.78 is 5.36. The molecule has 0 radical (unpaired) electrons. The number of guanidine groups is 1. The van der Waals surface area contributed by atoms with Crippen LogP contribution in [0.1, 0.15) is 31.1 Å². The first kappa shape index (κ1) is 18.3. The van der Waals surface area contributed by atoms with E-state index in [0.717, 1.165) is 63.0 Å². The third-order valence-electron chi connectivity index (χ3n) is 4.61. The van der Waals surface area contributed by atoms with E-state index in [1.807, 2.05) is 18.3 Å². The Labute approximate surface area is 155 Å². The van der Waals surface area contributed by atoms with E-state index in [2.05, 4.69) is 51.5 Å². The molecule has 6 nitrogen and oxygen atoms in total. The normalized spacial score (nSPS) is 15.9. The molecule has 2 aromatic rings. The average molecular weight is 355 g/mol. The van der Waals surface area contributed by atoms with Crippen LogP contribution in [-0.4, -0.2) is 43.2 Å². The molecule has 26 heavy (non-hydrogen) atoms. The summed E-state index contributed by atoms with van der Waals surface area (Å²) in [6.07, 6.45) is 6.63. The molecule has 0 bridgehead atoms. The van der Waals surface area contributed by atoms with Gasteiger partial charge in [-0.05, 0) is 50.5 Å². The molecule has 6 heteroatoms. The van der Waals surface area contributed by atoms with Gasteiger partial charge in [0.25, 0.3) is 0 Å². The van der Waals surface area contributed by atoms with Crippen LogP contribution in [0, 0.1) is 6.92 Å². The minimum absolute atomic E-state index is 0.443. The third-order valence-corrected chi connectivity index (χ3v) is 4.61. The summed E-state index contributed by atoms with van der Waals surface area (Å²) in [6, 6.07) is 8.59. The van der Waals surface area contributed by atoms with Crippen molar-refractivity contribution in [2.45, 2.75) is 39.2 Å². The van der Waals surface area contributed by atoms with Gasteiger partial charge in [-0.1, -0.05) is 6.07 Å². The number of hydrogen-bond donors (Lipinski definition) is 2. The van der Waals surface area contributed by atoms with Crippen molar-refractivity contribution in [3.8, 4) is 0 Å². The van der Waals surface area contributed by atoms with Crippen molar-refractivity contribution in [1.82, 2.24) is 15.6 Å². The van der Waals surface area contributed by atoms with Crippen LogP contribution in [0.4, 0.5) is 5.82 Å². The van der Waals surface area contributed by atoms with Gasteiger partial charge in [-0.25, -0.2) is 4.98 Å². The Morgan fingerprint density at radius 1 is 1.31 bits per heavy atom. The predicted molar refractivity (Wildman–Crippen MR) is 106 cm³/mol. The molecule has 3 rings (SSSR count). The fraction of sp³-hybridized carbons (Fsp3) is 0.500. The van der Waals surface area contributed by atoms with Gasteiger partial charge in [0, 0.05) is 44.8 Å². The van der Waals surface area contributed by atoms with Gasteiger partial charge in [0.15, 0.2) is 5.96 Å². The molecular weight excluding hydrogens is 326 g/mol. The van der Waals surface area contributed by atoms with Crippen molar-refractivity contribution in [1.29, 1.82) is 0 Å². The number of hydrogen-bond acceptors (Lipinski definition) is 4. The lowest BCUT2D eigenvalue weighted by molar-refractivity contribution is 0.459. The van der Waals surface area contributed by atoms with Crippen molar-refractivity contribution in [2.24, 2.45) is 4.99 Å². The summed E-state index contributed by atoms with van der Waals surface area (Å²) in [5, 5.41) is 6.92. The highest BCUT2D eigenvalue weighted by molar-refractivity contribution is 5.80. The topological polar surface area (TPSA) is 65.7 Å². The van der Waals surface area contributed by atoms with Gasteiger partial charge in [-0.15, -0.1) is 0 Å². The number of furan rings is 1. The second kappa shape index (κ2) is 9.27. The van der Waals surface area contributed by atoms with Crippen molar-refractivity contribution in [3.05, 3.63) is 48.0 Å². The number of nitrogens with one attached hydrogen (secondary N) is 2. The SMILES string of the molecule is CCNC(=NCCc1ccco1)NC1CCN(c2ccc(C)cn2)CC1. The lowest BCUT2D eigenvalue weighted by Crippen LogP contribution is -2.49. The zero-order valence-corrected chi connectivity index (χ0v) is 15.7. The number of nitrogens with zero attached hydrogens (tertiary/aromatic N) is 3. The first-order valence-corrected chi connectivity index (χ1v) is 9.49. The fourth-order valence-electron chi connectivity index (χ4n) is 3.15. The Balaban J connectivity index is 1.48. The van der Waals surface area contributed by atoms with Crippen LogP contribution in [0.3, 0.4) is 0 Å². The van der Waals surface area contributed by atoms with E-state index in [1.54, 1.807) is 6.26 Å². The van der Waals surface area contributed by atoms with E-state index < -0.39 is 0 Å². The predicted octanol–water partition coefficient (Wildman–Crippen LogP) is 2.75. The number of piperidine rings is 1. The van der Waals surface area contributed by atoms with E-state index in [0.29, 0.717) is 6.04 Å². The molecule has 1 aliphatic rings. The number of anilines is 1. The highest BCUT2D eigenvalue weighted by Crippen LogP contribution is 2.18. The van der Waals surface area contributed by atoms with E-state index in [1.165, 1.54) is 5.56 Å². The molecule has 3 heterocycles. The maximum atomic E-state index is 5.36. The van der Waals surface area contributed by atoms with Crippen LogP contribution in [0.2, 0.25) is 0 Å². The van der Waals surface area contributed by atoms with Crippen molar-refractivity contribution in [2.75, 3.05) is 31.1 Å². The molecule has 140 valence electrons. The molecule has 0 unspecified atom stereocenters. The highest BCUT2D eigenvalue weighted by Gasteiger charge is 2.20. The summed E-state index contributed by atoms with van der Waals surface area (Å²) in [6.45, 7) is 7.77. The molecule has 1 saturated heterocycles. The minimum Gasteiger partial charge on any atom is -0.469 e. The summed E-state index contributed by atoms with van der Waals surface area (Å²) in [7, 11) is 0. The van der Waals surface area contributed by atoms with Crippen LogP contribution in [0.25, 0.3) is 0 Å². The minimum atomic E-state index is 0.443. The number of aryl methyl sites for hydroxylation is 1. The quantitative estimate of drug-likeness (QED) is 0.616. The zero-order chi connectivity index (χ0) is 18.2. The number of pyridine rings is 1. The fourth-order valence-corrected chi connectivity index (χ4v) is 3.15. The molecule has 1 fully saturated rings. The summed E-state index contributed by atoms with van der Waals surface area (Å²) in [5.41, 5.74) is 1.20. The lowest BCUT2D eigenvalue weighted by atomic mass is 10.1. The Hall–Kier alpha value is -2.50. The van der Waals surface area contributed by atoms with Gasteiger partial charge in [-0.3, -0.25) is 4.99 Å². The maximum absolute atomic E-state index is 5.36. The molecule has 0 saturated carbocycles. The zero-order valence-electron chi connectivity index (χ0n) is 15.7. The van der Waals surface area contributed by atoms with Crippen molar-refractivity contribution >= 4 is 11.8 Å². The lowest BCUT2D eigenvalue weighted by Gasteiger charge is -2.33. The van der Waals surface area contributed by atoms with Crippen LogP contribution < -0.4 is 15.5 Å². The smallest absolute Gasteiger partial charge is 0.191 e. The molecule has 0 aliphatic carbocycles. The van der Waals surface area contributed by atoms with Gasteiger partial charge in [0.1, 0.15) is 11.6 Å². The third kappa shape index (κ3) is 5.25. The van der Waals surface area contributed by atoms with Crippen LogP contribution >= 0.6 is 0 Å². The largest absolute Gasteiger partial charge is 0.469 e. The standard InChI is InChI=1S/C20H29N5O/c1-3-21-20(22-11-8-18-5-4-14-26-18)24-17-9-12-25(13-10-17)19-7-6-16(2)15-23-19/h4-7,14-15,17H,3,8-13H2,1-2H3,(H2,21,22,24). The summed E-state index contributed by atoms with van der Waals surface area (Å²) in [5.74, 6) is 2.95. The van der Waals surface area contributed by atoms with Gasteiger partial charge in [0.05, 0.1) is 6.26 Å². The van der Waals surface area contributed by atoms with Gasteiger partial charge in [0.2, 0.25) is 0 Å². The molecule has 0 spiro atoms. The molecule has 0 atom stereocenters. The Bertz CT molecular complexity index is 673. The maximum Gasteiger partial charge on any atom is 0.191 e. The molecule has 1 aliphatic heterocycles. The number of rotatable bonds is 6. The summed E-state index contributed by atoms with van der Waals surface area (Å²) in [4.78, 5) is 11.6. The van der Waals surface area contributed by atoms with E-state index >= 15 is 0 Å². The van der Waals surface area contributed by atoms with E-state index in [9.17, 15) is 0 Å². The first-order valence-electron chi connectivity index (χ1n) is 9.49. The number of aliphatic imine (C=N–C) groups is 1. The second-order valence-corrected chi connectivity index (χ2v) is 6.69. The van der Waals surface area contributed by atoms with Crippen LogP contribution in [-0.2, 0) is 6.42 Å². The number of aromatic nitrogens is 1. The van der Waals surface area contributed by atoms with Gasteiger partial charge in [-0.2, -0.15) is 0 Å². The average Bonchev–Trinajstić information content (AvgIpc) is 3.17. The molecular formula is C20H29N5O. The Morgan fingerprint density at radius 3 is 2.81 bits per heavy atom. The van der Waals surface area contributed by atoms with E-state index in [-0.39, 0.29) is 0 Å². The van der Waals surface area contributed by atoms with Gasteiger partial charge < -0.3 is 20.0 Å². The van der Waals surface area contributed by atoms with Crippen molar-refractivity contribution in [3.63, 3.8) is 0 Å². The Morgan fingerprint density at radius 2 is 2.15 bits per heavy atom. The summed E-state index contributed by atoms with van der Waals surface area (Å²) >= 11 is 0. The second-order valence-electron chi connectivity index (χ2n) is 6.69. The highest BCUT2D eigenvalue weighted by atomic mass is 16.3. The Kier molecular flexibility index (Phi) is 6.52. The molecule has 0 amide bonds. The van der Waals surface area contributed by atoms with Crippen LogP contribution in [0.5, 0.6) is 0 Å². The van der Waals surface area contributed by atoms with Crippen LogP contribution in [0.15, 0.2) is 46.1 Å². The molecule has 0 aromatic carbocycles. The monoisotopic (exact) mass is 355 g/mol. The van der Waals surface area contributed by atoms with Crippen molar-refractivity contribution < 1.29 is 4.42 Å². The molecule has 2 aromatic heterocycles. The first-order chi connectivity index (χ1) is 12.7.